The fourth-order valence-electron chi connectivity index (χ4n) is 4.31. The number of aryl methyl sites for hydroxylation is 1. The van der Waals surface area contributed by atoms with Crippen molar-refractivity contribution in [2.24, 2.45) is 14.1 Å². The van der Waals surface area contributed by atoms with Crippen LogP contribution in [0.5, 0.6) is 5.75 Å². The molecule has 9 nitrogen and oxygen atoms in total. The lowest BCUT2D eigenvalue weighted by atomic mass is 10.2. The van der Waals surface area contributed by atoms with Gasteiger partial charge in [-0.15, -0.1) is 0 Å². The summed E-state index contributed by atoms with van der Waals surface area (Å²) in [5, 5.41) is 3.34. The minimum Gasteiger partial charge on any atom is -0.489 e. The third kappa shape index (κ3) is 4.10. The van der Waals surface area contributed by atoms with Gasteiger partial charge in [0.1, 0.15) is 12.4 Å². The zero-order chi connectivity index (χ0) is 23.7. The number of nitrogens with one attached hydrogen (secondary N) is 1. The van der Waals surface area contributed by atoms with Crippen LogP contribution in [0.4, 0.5) is 5.95 Å². The van der Waals surface area contributed by atoms with Crippen LogP contribution in [0.25, 0.3) is 11.2 Å². The summed E-state index contributed by atoms with van der Waals surface area (Å²) >= 11 is 0. The van der Waals surface area contributed by atoms with Crippen molar-refractivity contribution < 1.29 is 4.74 Å². The molecule has 0 bridgehead atoms. The number of piperazine rings is 1. The molecule has 4 aromatic rings. The van der Waals surface area contributed by atoms with Crippen LogP contribution < -0.4 is 26.2 Å². The van der Waals surface area contributed by atoms with Gasteiger partial charge in [0, 0.05) is 40.3 Å². The molecule has 0 spiro atoms. The van der Waals surface area contributed by atoms with Crippen molar-refractivity contribution in [3.8, 4) is 5.75 Å². The van der Waals surface area contributed by atoms with E-state index in [0.29, 0.717) is 30.3 Å². The maximum Gasteiger partial charge on any atom is 0.332 e. The molecule has 1 N–H and O–H groups in total. The van der Waals surface area contributed by atoms with E-state index >= 15 is 0 Å². The van der Waals surface area contributed by atoms with E-state index in [1.54, 1.807) is 7.05 Å². The summed E-state index contributed by atoms with van der Waals surface area (Å²) in [6.45, 7) is 4.21. The Morgan fingerprint density at radius 3 is 2.32 bits per heavy atom. The average Bonchev–Trinajstić information content (AvgIpc) is 3.26. The fraction of sp³-hybridized carbons (Fsp3) is 0.320. The predicted molar refractivity (Wildman–Crippen MR) is 132 cm³/mol. The van der Waals surface area contributed by atoms with Crippen molar-refractivity contribution in [3.05, 3.63) is 86.6 Å². The Bertz CT molecular complexity index is 1410. The van der Waals surface area contributed by atoms with E-state index in [1.807, 2.05) is 59.2 Å². The largest absolute Gasteiger partial charge is 0.489 e. The number of anilines is 1. The molecule has 1 aliphatic rings. The van der Waals surface area contributed by atoms with Crippen LogP contribution in [-0.4, -0.2) is 44.9 Å². The summed E-state index contributed by atoms with van der Waals surface area (Å²) < 4.78 is 10.4. The first-order chi connectivity index (χ1) is 16.5. The number of hydrogen-bond donors (Lipinski definition) is 1. The number of benzene rings is 2. The molecule has 3 heterocycles. The second kappa shape index (κ2) is 9.18. The van der Waals surface area contributed by atoms with Gasteiger partial charge in [-0.25, -0.2) is 4.79 Å². The van der Waals surface area contributed by atoms with E-state index in [4.69, 9.17) is 9.72 Å². The third-order valence-corrected chi connectivity index (χ3v) is 6.24. The summed E-state index contributed by atoms with van der Waals surface area (Å²) in [5.41, 5.74) is 2.24. The quantitative estimate of drug-likeness (QED) is 0.469. The molecule has 9 heteroatoms. The van der Waals surface area contributed by atoms with Crippen LogP contribution in [0.1, 0.15) is 11.1 Å². The number of aromatic nitrogens is 4. The van der Waals surface area contributed by atoms with Crippen molar-refractivity contribution >= 4 is 17.1 Å². The topological polar surface area (TPSA) is 86.3 Å². The van der Waals surface area contributed by atoms with Crippen molar-refractivity contribution in [1.82, 2.24) is 24.0 Å². The van der Waals surface area contributed by atoms with E-state index in [2.05, 4.69) is 10.2 Å². The summed E-state index contributed by atoms with van der Waals surface area (Å²) in [6, 6.07) is 17.9. The lowest BCUT2D eigenvalue weighted by Gasteiger charge is -2.28. The van der Waals surface area contributed by atoms with E-state index < -0.39 is 0 Å². The van der Waals surface area contributed by atoms with Crippen LogP contribution in [-0.2, 0) is 27.2 Å². The molecule has 1 saturated heterocycles. The first kappa shape index (κ1) is 22.0. The summed E-state index contributed by atoms with van der Waals surface area (Å²) in [6.07, 6.45) is 0. The van der Waals surface area contributed by atoms with Gasteiger partial charge >= 0.3 is 5.69 Å². The van der Waals surface area contributed by atoms with Gasteiger partial charge in [-0.2, -0.15) is 4.98 Å². The molecule has 5 rings (SSSR count). The number of hydrogen-bond acceptors (Lipinski definition) is 6. The van der Waals surface area contributed by atoms with Crippen molar-refractivity contribution in [3.63, 3.8) is 0 Å². The Hall–Kier alpha value is -3.85. The monoisotopic (exact) mass is 460 g/mol. The van der Waals surface area contributed by atoms with Gasteiger partial charge in [0.15, 0.2) is 11.2 Å². The highest BCUT2D eigenvalue weighted by Crippen LogP contribution is 2.23. The SMILES string of the molecule is Cn1c(=O)c2c(nc(N3CCNCC3)n2Cc2ccc(OCc3ccccc3)cc2)n(C)c1=O. The van der Waals surface area contributed by atoms with Crippen LogP contribution in [0.2, 0.25) is 0 Å². The Morgan fingerprint density at radius 1 is 0.912 bits per heavy atom. The normalized spacial score (nSPS) is 14.0. The minimum absolute atomic E-state index is 0.338. The van der Waals surface area contributed by atoms with Crippen LogP contribution >= 0.6 is 0 Å². The molecule has 176 valence electrons. The predicted octanol–water partition coefficient (Wildman–Crippen LogP) is 1.47. The summed E-state index contributed by atoms with van der Waals surface area (Å²) in [5.74, 6) is 1.49. The fourth-order valence-corrected chi connectivity index (χ4v) is 4.31. The number of nitrogens with zero attached hydrogens (tertiary/aromatic N) is 5. The second-order valence-corrected chi connectivity index (χ2v) is 8.53. The Balaban J connectivity index is 1.48. The van der Waals surface area contributed by atoms with Crippen molar-refractivity contribution in [1.29, 1.82) is 0 Å². The molecule has 1 aliphatic heterocycles. The molecule has 0 unspecified atom stereocenters. The molecule has 2 aromatic carbocycles. The average molecular weight is 461 g/mol. The van der Waals surface area contributed by atoms with Gasteiger partial charge < -0.3 is 15.0 Å². The maximum absolute atomic E-state index is 13.1. The standard InChI is InChI=1S/C25H28N6O3/c1-28-22-21(23(32)29(2)25(28)33)31(24(27-22)30-14-12-26-13-15-30)16-18-8-10-20(11-9-18)34-17-19-6-4-3-5-7-19/h3-11,26H,12-17H2,1-2H3. The number of imidazole rings is 1. The second-order valence-electron chi connectivity index (χ2n) is 8.53. The maximum atomic E-state index is 13.1. The Morgan fingerprint density at radius 2 is 1.62 bits per heavy atom. The van der Waals surface area contributed by atoms with E-state index in [1.165, 1.54) is 11.6 Å². The highest BCUT2D eigenvalue weighted by molar-refractivity contribution is 5.75. The molecule has 0 radical (unpaired) electrons. The number of ether oxygens (including phenoxy) is 1. The molecular formula is C25H28N6O3. The van der Waals surface area contributed by atoms with Crippen molar-refractivity contribution in [2.45, 2.75) is 13.2 Å². The number of fused-ring (bicyclic) bond motifs is 1. The zero-order valence-corrected chi connectivity index (χ0v) is 19.4. The molecule has 1 fully saturated rings. The van der Waals surface area contributed by atoms with Gasteiger partial charge in [-0.1, -0.05) is 42.5 Å². The van der Waals surface area contributed by atoms with Gasteiger partial charge in [0.25, 0.3) is 5.56 Å². The van der Waals surface area contributed by atoms with Crippen LogP contribution in [0, 0.1) is 0 Å². The minimum atomic E-state index is -0.381. The molecule has 2 aromatic heterocycles. The lowest BCUT2D eigenvalue weighted by Crippen LogP contribution is -2.44. The van der Waals surface area contributed by atoms with Crippen LogP contribution in [0.3, 0.4) is 0 Å². The summed E-state index contributed by atoms with van der Waals surface area (Å²) in [4.78, 5) is 32.5. The highest BCUT2D eigenvalue weighted by Gasteiger charge is 2.23. The first-order valence-electron chi connectivity index (χ1n) is 11.4. The first-order valence-corrected chi connectivity index (χ1v) is 11.4. The number of rotatable bonds is 6. The summed E-state index contributed by atoms with van der Waals surface area (Å²) in [7, 11) is 3.16. The highest BCUT2D eigenvalue weighted by atomic mass is 16.5. The third-order valence-electron chi connectivity index (χ3n) is 6.24. The molecule has 34 heavy (non-hydrogen) atoms. The smallest absolute Gasteiger partial charge is 0.332 e. The van der Waals surface area contributed by atoms with E-state index in [0.717, 1.165) is 47.6 Å². The zero-order valence-electron chi connectivity index (χ0n) is 19.4. The Kier molecular flexibility index (Phi) is 5.93. The molecule has 0 saturated carbocycles. The molecule has 0 amide bonds. The molecular weight excluding hydrogens is 432 g/mol. The van der Waals surface area contributed by atoms with E-state index in [9.17, 15) is 9.59 Å². The van der Waals surface area contributed by atoms with Crippen LogP contribution in [0.15, 0.2) is 64.2 Å². The van der Waals surface area contributed by atoms with Gasteiger partial charge in [-0.05, 0) is 23.3 Å². The lowest BCUT2D eigenvalue weighted by molar-refractivity contribution is 0.306. The van der Waals surface area contributed by atoms with E-state index in [-0.39, 0.29) is 11.2 Å². The Labute approximate surface area is 196 Å². The van der Waals surface area contributed by atoms with Crippen molar-refractivity contribution in [2.75, 3.05) is 31.1 Å². The van der Waals surface area contributed by atoms with Gasteiger partial charge in [0.05, 0.1) is 6.54 Å². The van der Waals surface area contributed by atoms with Gasteiger partial charge in [-0.3, -0.25) is 18.5 Å². The van der Waals surface area contributed by atoms with Gasteiger partial charge in [0.2, 0.25) is 5.95 Å². The molecule has 0 aliphatic carbocycles. The molecule has 0 atom stereocenters.